The van der Waals surface area contributed by atoms with Crippen LogP contribution < -0.4 is 16.4 Å². The predicted octanol–water partition coefficient (Wildman–Crippen LogP) is 0.688. The molecular formula is C15H29N3O5. The highest BCUT2D eigenvalue weighted by Crippen LogP contribution is 2.06. The summed E-state index contributed by atoms with van der Waals surface area (Å²) in [4.78, 5) is 34.0. The molecule has 0 aliphatic heterocycles. The standard InChI is InChI=1S/C15H29N3O5/c1-15(2,3)23-14(21)18-10-5-7-11(16)13(20)17-9-6-8-12(19)22-4/h11H,5-10,16H2,1-4H3,(H,17,20)(H,18,21). The fourth-order valence-corrected chi connectivity index (χ4v) is 1.64. The summed E-state index contributed by atoms with van der Waals surface area (Å²) in [5.74, 6) is -0.580. The van der Waals surface area contributed by atoms with Gasteiger partial charge in [-0.3, -0.25) is 9.59 Å². The molecule has 0 aromatic heterocycles. The molecule has 8 nitrogen and oxygen atoms in total. The number of amides is 2. The van der Waals surface area contributed by atoms with Crippen molar-refractivity contribution in [1.82, 2.24) is 10.6 Å². The first kappa shape index (κ1) is 21.2. The number of ether oxygens (including phenoxy) is 2. The van der Waals surface area contributed by atoms with E-state index in [0.717, 1.165) is 0 Å². The Balaban J connectivity index is 3.72. The van der Waals surface area contributed by atoms with E-state index in [-0.39, 0.29) is 18.3 Å². The van der Waals surface area contributed by atoms with E-state index >= 15 is 0 Å². The van der Waals surface area contributed by atoms with Crippen molar-refractivity contribution in [2.45, 2.75) is 58.1 Å². The smallest absolute Gasteiger partial charge is 0.407 e. The second-order valence-electron chi connectivity index (χ2n) is 6.15. The predicted molar refractivity (Wildman–Crippen MR) is 85.7 cm³/mol. The number of methoxy groups -OCH3 is 1. The van der Waals surface area contributed by atoms with Gasteiger partial charge in [-0.25, -0.2) is 4.79 Å². The van der Waals surface area contributed by atoms with Gasteiger partial charge in [-0.2, -0.15) is 0 Å². The van der Waals surface area contributed by atoms with Gasteiger partial charge in [-0.15, -0.1) is 0 Å². The van der Waals surface area contributed by atoms with Crippen molar-refractivity contribution in [1.29, 1.82) is 0 Å². The second-order valence-corrected chi connectivity index (χ2v) is 6.15. The van der Waals surface area contributed by atoms with Crippen molar-refractivity contribution in [2.24, 2.45) is 5.73 Å². The zero-order valence-electron chi connectivity index (χ0n) is 14.4. The van der Waals surface area contributed by atoms with Crippen LogP contribution in [0.1, 0.15) is 46.5 Å². The third-order valence-corrected chi connectivity index (χ3v) is 2.78. The summed E-state index contributed by atoms with van der Waals surface area (Å²) in [5, 5.41) is 5.26. The zero-order valence-corrected chi connectivity index (χ0v) is 14.4. The van der Waals surface area contributed by atoms with Crippen LogP contribution in [0.15, 0.2) is 0 Å². The van der Waals surface area contributed by atoms with Gasteiger partial charge in [-0.1, -0.05) is 0 Å². The van der Waals surface area contributed by atoms with E-state index < -0.39 is 17.7 Å². The molecule has 0 aliphatic rings. The first-order valence-electron chi connectivity index (χ1n) is 7.72. The minimum absolute atomic E-state index is 0.256. The summed E-state index contributed by atoms with van der Waals surface area (Å²) in [5.41, 5.74) is 5.22. The fourth-order valence-electron chi connectivity index (χ4n) is 1.64. The Bertz CT molecular complexity index is 393. The molecule has 0 aromatic rings. The topological polar surface area (TPSA) is 120 Å². The fraction of sp³-hybridized carbons (Fsp3) is 0.800. The Hall–Kier alpha value is -1.83. The Morgan fingerprint density at radius 1 is 1.09 bits per heavy atom. The van der Waals surface area contributed by atoms with Crippen LogP contribution in [0.4, 0.5) is 4.79 Å². The minimum Gasteiger partial charge on any atom is -0.469 e. The van der Waals surface area contributed by atoms with Crippen LogP contribution in [0.2, 0.25) is 0 Å². The number of nitrogens with one attached hydrogen (secondary N) is 2. The molecule has 0 saturated carbocycles. The van der Waals surface area contributed by atoms with Crippen molar-refractivity contribution in [3.05, 3.63) is 0 Å². The molecule has 8 heteroatoms. The first-order valence-corrected chi connectivity index (χ1v) is 7.72. The van der Waals surface area contributed by atoms with Crippen LogP contribution in [0.5, 0.6) is 0 Å². The van der Waals surface area contributed by atoms with E-state index in [9.17, 15) is 14.4 Å². The zero-order chi connectivity index (χ0) is 17.9. The molecule has 4 N–H and O–H groups in total. The maximum Gasteiger partial charge on any atom is 0.407 e. The lowest BCUT2D eigenvalue weighted by molar-refractivity contribution is -0.140. The lowest BCUT2D eigenvalue weighted by Crippen LogP contribution is -2.41. The summed E-state index contributed by atoms with van der Waals surface area (Å²) in [6.45, 7) is 6.11. The van der Waals surface area contributed by atoms with Crippen molar-refractivity contribution in [2.75, 3.05) is 20.2 Å². The van der Waals surface area contributed by atoms with E-state index in [2.05, 4.69) is 15.4 Å². The molecule has 2 amide bonds. The SMILES string of the molecule is COC(=O)CCCNC(=O)C(N)CCCNC(=O)OC(C)(C)C. The molecule has 0 rings (SSSR count). The number of hydrogen-bond acceptors (Lipinski definition) is 6. The highest BCUT2D eigenvalue weighted by molar-refractivity contribution is 5.81. The maximum atomic E-state index is 11.7. The number of esters is 1. The van der Waals surface area contributed by atoms with Crippen LogP contribution in [0.3, 0.4) is 0 Å². The lowest BCUT2D eigenvalue weighted by Gasteiger charge is -2.19. The van der Waals surface area contributed by atoms with E-state index in [4.69, 9.17) is 10.5 Å². The third kappa shape index (κ3) is 12.4. The summed E-state index contributed by atoms with van der Waals surface area (Å²) in [6.07, 6.45) is 1.28. The van der Waals surface area contributed by atoms with Crippen molar-refractivity contribution in [3.8, 4) is 0 Å². The van der Waals surface area contributed by atoms with E-state index in [1.807, 2.05) is 0 Å². The van der Waals surface area contributed by atoms with Crippen LogP contribution in [0.25, 0.3) is 0 Å². The third-order valence-electron chi connectivity index (χ3n) is 2.78. The molecule has 0 radical (unpaired) electrons. The quantitative estimate of drug-likeness (QED) is 0.422. The molecule has 134 valence electrons. The Morgan fingerprint density at radius 3 is 2.26 bits per heavy atom. The lowest BCUT2D eigenvalue weighted by atomic mass is 10.1. The summed E-state index contributed by atoms with van der Waals surface area (Å²) >= 11 is 0. The highest BCUT2D eigenvalue weighted by Gasteiger charge is 2.16. The van der Waals surface area contributed by atoms with Gasteiger partial charge in [0.05, 0.1) is 13.2 Å². The molecule has 0 heterocycles. The average Bonchev–Trinajstić information content (AvgIpc) is 2.45. The number of hydrogen-bond donors (Lipinski definition) is 3. The molecule has 0 aliphatic carbocycles. The highest BCUT2D eigenvalue weighted by atomic mass is 16.6. The first-order chi connectivity index (χ1) is 10.7. The Kier molecular flexibility index (Phi) is 9.96. The van der Waals surface area contributed by atoms with Gasteiger partial charge in [0, 0.05) is 19.5 Å². The number of alkyl carbamates (subject to hydrolysis) is 1. The molecule has 0 aromatic carbocycles. The minimum atomic E-state index is -0.645. The number of carbonyl (C=O) groups is 3. The van der Waals surface area contributed by atoms with Gasteiger partial charge < -0.3 is 25.8 Å². The Labute approximate surface area is 137 Å². The number of rotatable bonds is 9. The second kappa shape index (κ2) is 10.8. The molecule has 0 spiro atoms. The van der Waals surface area contributed by atoms with Crippen molar-refractivity contribution in [3.63, 3.8) is 0 Å². The number of carbonyl (C=O) groups excluding carboxylic acids is 3. The van der Waals surface area contributed by atoms with Crippen LogP contribution >= 0.6 is 0 Å². The van der Waals surface area contributed by atoms with Crippen LogP contribution in [0, 0.1) is 0 Å². The average molecular weight is 331 g/mol. The summed E-state index contributed by atoms with van der Waals surface area (Å²) in [7, 11) is 1.32. The number of nitrogens with two attached hydrogens (primary N) is 1. The van der Waals surface area contributed by atoms with E-state index in [1.165, 1.54) is 7.11 Å². The summed E-state index contributed by atoms with van der Waals surface area (Å²) < 4.78 is 9.59. The maximum absolute atomic E-state index is 11.7. The van der Waals surface area contributed by atoms with Gasteiger partial charge in [0.1, 0.15) is 5.60 Å². The normalized spacial score (nSPS) is 12.2. The monoisotopic (exact) mass is 331 g/mol. The molecule has 23 heavy (non-hydrogen) atoms. The summed E-state index contributed by atoms with van der Waals surface area (Å²) in [6, 6.07) is -0.645. The van der Waals surface area contributed by atoms with E-state index in [1.54, 1.807) is 20.8 Å². The molecule has 1 unspecified atom stereocenters. The van der Waals surface area contributed by atoms with Crippen molar-refractivity contribution >= 4 is 18.0 Å². The van der Waals surface area contributed by atoms with Gasteiger partial charge in [0.2, 0.25) is 5.91 Å². The van der Waals surface area contributed by atoms with Gasteiger partial charge in [0.25, 0.3) is 0 Å². The largest absolute Gasteiger partial charge is 0.469 e. The molecule has 0 fully saturated rings. The van der Waals surface area contributed by atoms with Gasteiger partial charge in [-0.05, 0) is 40.0 Å². The van der Waals surface area contributed by atoms with Gasteiger partial charge in [0.15, 0.2) is 0 Å². The Morgan fingerprint density at radius 2 is 1.70 bits per heavy atom. The molecule has 0 bridgehead atoms. The van der Waals surface area contributed by atoms with E-state index in [0.29, 0.717) is 32.4 Å². The van der Waals surface area contributed by atoms with Gasteiger partial charge >= 0.3 is 12.1 Å². The van der Waals surface area contributed by atoms with Crippen molar-refractivity contribution < 1.29 is 23.9 Å². The molecule has 1 atom stereocenters. The van der Waals surface area contributed by atoms with Crippen LogP contribution in [-0.4, -0.2) is 49.8 Å². The molecular weight excluding hydrogens is 302 g/mol. The van der Waals surface area contributed by atoms with Crippen LogP contribution in [-0.2, 0) is 19.1 Å². The molecule has 0 saturated heterocycles.